The van der Waals surface area contributed by atoms with Crippen LogP contribution in [0.2, 0.25) is 0 Å². The van der Waals surface area contributed by atoms with Gasteiger partial charge in [0.05, 0.1) is 5.03 Å². The highest BCUT2D eigenvalue weighted by molar-refractivity contribution is 7.99. The Labute approximate surface area is 93.5 Å². The molecule has 2 rings (SSSR count). The van der Waals surface area contributed by atoms with Crippen LogP contribution in [-0.2, 0) is 0 Å². The fourth-order valence-electron chi connectivity index (χ4n) is 1.13. The van der Waals surface area contributed by atoms with Crippen molar-refractivity contribution in [1.29, 1.82) is 0 Å². The predicted molar refractivity (Wildman–Crippen MR) is 58.2 cm³/mol. The van der Waals surface area contributed by atoms with Crippen molar-refractivity contribution in [3.63, 3.8) is 0 Å². The number of benzene rings is 1. The number of rotatable bonds is 2. The van der Waals surface area contributed by atoms with E-state index in [1.54, 1.807) is 12.1 Å². The molecular formula is C10H7FN2O2S. The lowest BCUT2D eigenvalue weighted by molar-refractivity contribution is 0.626. The lowest BCUT2D eigenvalue weighted by Gasteiger charge is -1.99. The van der Waals surface area contributed by atoms with E-state index >= 15 is 0 Å². The van der Waals surface area contributed by atoms with Crippen molar-refractivity contribution in [1.82, 2.24) is 9.97 Å². The van der Waals surface area contributed by atoms with Gasteiger partial charge in [0, 0.05) is 11.0 Å². The van der Waals surface area contributed by atoms with Crippen LogP contribution in [0.1, 0.15) is 0 Å². The maximum absolute atomic E-state index is 12.6. The Balaban J connectivity index is 2.30. The van der Waals surface area contributed by atoms with Crippen LogP contribution in [-0.4, -0.2) is 9.97 Å². The third kappa shape index (κ3) is 2.60. The summed E-state index contributed by atoms with van der Waals surface area (Å²) in [6.45, 7) is 0. The van der Waals surface area contributed by atoms with Crippen LogP contribution in [0.3, 0.4) is 0 Å². The minimum absolute atomic E-state index is 0.330. The Morgan fingerprint density at radius 1 is 1.06 bits per heavy atom. The summed E-state index contributed by atoms with van der Waals surface area (Å²) >= 11 is 1.18. The molecule has 1 heterocycles. The van der Waals surface area contributed by atoms with Gasteiger partial charge in [-0.3, -0.25) is 9.78 Å². The lowest BCUT2D eigenvalue weighted by Crippen LogP contribution is -2.21. The third-order valence-electron chi connectivity index (χ3n) is 1.78. The van der Waals surface area contributed by atoms with Gasteiger partial charge in [0.15, 0.2) is 0 Å². The molecule has 0 atom stereocenters. The zero-order valence-electron chi connectivity index (χ0n) is 7.99. The molecule has 0 amide bonds. The Bertz CT molecular complexity index is 575. The molecule has 2 N–H and O–H groups in total. The summed E-state index contributed by atoms with van der Waals surface area (Å²) in [5.74, 6) is -0.330. The van der Waals surface area contributed by atoms with E-state index in [-0.39, 0.29) is 5.82 Å². The monoisotopic (exact) mass is 238 g/mol. The van der Waals surface area contributed by atoms with Crippen molar-refractivity contribution < 1.29 is 4.39 Å². The van der Waals surface area contributed by atoms with E-state index < -0.39 is 11.2 Å². The van der Waals surface area contributed by atoms with Crippen LogP contribution in [0.15, 0.2) is 49.8 Å². The summed E-state index contributed by atoms with van der Waals surface area (Å²) < 4.78 is 12.6. The van der Waals surface area contributed by atoms with E-state index in [9.17, 15) is 14.0 Å². The van der Waals surface area contributed by atoms with Crippen molar-refractivity contribution >= 4 is 11.8 Å². The smallest absolute Gasteiger partial charge is 0.302 e. The first-order valence-electron chi connectivity index (χ1n) is 4.40. The second-order valence-electron chi connectivity index (χ2n) is 3.01. The van der Waals surface area contributed by atoms with Gasteiger partial charge in [0.2, 0.25) is 0 Å². The summed E-state index contributed by atoms with van der Waals surface area (Å²) in [5, 5.41) is 0.417. The van der Waals surface area contributed by atoms with E-state index in [0.29, 0.717) is 5.03 Å². The molecule has 82 valence electrons. The molecule has 0 unspecified atom stereocenters. The molecule has 2 aromatic rings. The van der Waals surface area contributed by atoms with Crippen LogP contribution in [0, 0.1) is 5.82 Å². The molecule has 0 aliphatic carbocycles. The third-order valence-corrected chi connectivity index (χ3v) is 2.72. The highest BCUT2D eigenvalue weighted by atomic mass is 32.2. The van der Waals surface area contributed by atoms with Gasteiger partial charge in [0.1, 0.15) is 5.82 Å². The Kier molecular flexibility index (Phi) is 2.91. The average Bonchev–Trinajstić information content (AvgIpc) is 2.20. The second kappa shape index (κ2) is 4.36. The molecule has 0 bridgehead atoms. The molecule has 6 heteroatoms. The molecule has 4 nitrogen and oxygen atoms in total. The van der Waals surface area contributed by atoms with E-state index in [1.807, 2.05) is 0 Å². The highest BCUT2D eigenvalue weighted by Crippen LogP contribution is 2.23. The topological polar surface area (TPSA) is 65.7 Å². The highest BCUT2D eigenvalue weighted by Gasteiger charge is 2.00. The van der Waals surface area contributed by atoms with Crippen LogP contribution >= 0.6 is 11.8 Å². The maximum Gasteiger partial charge on any atom is 0.326 e. The first-order valence-corrected chi connectivity index (χ1v) is 5.22. The number of H-pyrrole nitrogens is 2. The number of hydrogen-bond acceptors (Lipinski definition) is 3. The summed E-state index contributed by atoms with van der Waals surface area (Å²) in [7, 11) is 0. The van der Waals surface area contributed by atoms with Gasteiger partial charge < -0.3 is 4.98 Å². The van der Waals surface area contributed by atoms with Crippen molar-refractivity contribution in [2.45, 2.75) is 9.92 Å². The SMILES string of the molecule is O=c1cc(Sc2ccc(F)cc2)[nH]c(=O)[nH]1. The zero-order valence-corrected chi connectivity index (χ0v) is 8.81. The number of nitrogens with one attached hydrogen (secondary N) is 2. The molecule has 0 spiro atoms. The standard InChI is InChI=1S/C10H7FN2O2S/c11-6-1-3-7(4-2-6)16-9-5-8(14)12-10(15)13-9/h1-5H,(H2,12,13,14,15). The van der Waals surface area contributed by atoms with E-state index in [1.165, 1.54) is 30.0 Å². The second-order valence-corrected chi connectivity index (χ2v) is 4.12. The van der Waals surface area contributed by atoms with Gasteiger partial charge in [-0.05, 0) is 24.3 Å². The maximum atomic E-state index is 12.6. The first-order chi connectivity index (χ1) is 7.63. The molecule has 0 radical (unpaired) electrons. The molecule has 0 aliphatic rings. The van der Waals surface area contributed by atoms with Crippen LogP contribution in [0.25, 0.3) is 0 Å². The quantitative estimate of drug-likeness (QED) is 0.776. The minimum Gasteiger partial charge on any atom is -0.302 e. The Hall–Kier alpha value is -1.82. The van der Waals surface area contributed by atoms with Crippen LogP contribution < -0.4 is 11.2 Å². The number of halogens is 1. The summed E-state index contributed by atoms with van der Waals surface area (Å²) in [6, 6.07) is 7.04. The fraction of sp³-hybridized carbons (Fsp3) is 0. The Morgan fingerprint density at radius 3 is 2.38 bits per heavy atom. The molecule has 0 saturated heterocycles. The van der Waals surface area contributed by atoms with Gasteiger partial charge >= 0.3 is 5.69 Å². The largest absolute Gasteiger partial charge is 0.326 e. The summed E-state index contributed by atoms with van der Waals surface area (Å²) in [5.41, 5.74) is -1.02. The Morgan fingerprint density at radius 2 is 1.75 bits per heavy atom. The first kappa shape index (κ1) is 10.7. The fourth-order valence-corrected chi connectivity index (χ4v) is 1.97. The summed E-state index contributed by atoms with van der Waals surface area (Å²) in [4.78, 5) is 27.3. The lowest BCUT2D eigenvalue weighted by atomic mass is 10.4. The van der Waals surface area contributed by atoms with Gasteiger partial charge in [-0.15, -0.1) is 0 Å². The molecular weight excluding hydrogens is 231 g/mol. The van der Waals surface area contributed by atoms with Crippen molar-refractivity contribution in [3.05, 3.63) is 57.0 Å². The van der Waals surface area contributed by atoms with Gasteiger partial charge in [-0.25, -0.2) is 9.18 Å². The normalized spacial score (nSPS) is 10.3. The predicted octanol–water partition coefficient (Wildman–Crippen LogP) is 1.35. The molecule has 16 heavy (non-hydrogen) atoms. The van der Waals surface area contributed by atoms with Crippen molar-refractivity contribution in [2.75, 3.05) is 0 Å². The average molecular weight is 238 g/mol. The molecule has 1 aromatic carbocycles. The van der Waals surface area contributed by atoms with E-state index in [4.69, 9.17) is 0 Å². The van der Waals surface area contributed by atoms with Gasteiger partial charge in [-0.1, -0.05) is 11.8 Å². The van der Waals surface area contributed by atoms with Crippen molar-refractivity contribution in [3.8, 4) is 0 Å². The molecule has 0 saturated carbocycles. The molecule has 0 fully saturated rings. The van der Waals surface area contributed by atoms with Crippen molar-refractivity contribution in [2.24, 2.45) is 0 Å². The molecule has 1 aromatic heterocycles. The molecule has 0 aliphatic heterocycles. The number of aromatic amines is 2. The van der Waals surface area contributed by atoms with E-state index in [2.05, 4.69) is 9.97 Å². The number of hydrogen-bond donors (Lipinski definition) is 2. The summed E-state index contributed by atoms with van der Waals surface area (Å²) in [6.07, 6.45) is 0. The number of aromatic nitrogens is 2. The van der Waals surface area contributed by atoms with Crippen LogP contribution in [0.5, 0.6) is 0 Å². The van der Waals surface area contributed by atoms with Gasteiger partial charge in [-0.2, -0.15) is 0 Å². The zero-order chi connectivity index (χ0) is 11.5. The van der Waals surface area contributed by atoms with E-state index in [0.717, 1.165) is 4.90 Å². The minimum atomic E-state index is -0.558. The van der Waals surface area contributed by atoms with Crippen LogP contribution in [0.4, 0.5) is 4.39 Å². The van der Waals surface area contributed by atoms with Gasteiger partial charge in [0.25, 0.3) is 5.56 Å².